The van der Waals surface area contributed by atoms with Crippen LogP contribution in [0.1, 0.15) is 55.9 Å². The van der Waals surface area contributed by atoms with Gasteiger partial charge in [0.2, 0.25) is 11.8 Å². The van der Waals surface area contributed by atoms with Gasteiger partial charge in [-0.3, -0.25) is 9.59 Å². The van der Waals surface area contributed by atoms with Gasteiger partial charge in [0.1, 0.15) is 6.04 Å². The molecule has 0 saturated heterocycles. The zero-order valence-electron chi connectivity index (χ0n) is 27.2. The number of hydrogen-bond acceptors (Lipinski definition) is 5. The Hall–Kier alpha value is -4.30. The average molecular weight is 619 g/mol. The molecular weight excluding hydrogens is 572 g/mol. The van der Waals surface area contributed by atoms with Gasteiger partial charge in [-0.25, -0.2) is 0 Å². The summed E-state index contributed by atoms with van der Waals surface area (Å²) in [5, 5.41) is 6.56. The van der Waals surface area contributed by atoms with E-state index in [0.717, 1.165) is 39.1 Å². The van der Waals surface area contributed by atoms with Crippen molar-refractivity contribution in [3.8, 4) is 11.1 Å². The van der Waals surface area contributed by atoms with Gasteiger partial charge in [0.15, 0.2) is 0 Å². The third-order valence-corrected chi connectivity index (χ3v) is 8.57. The number of anilines is 1. The molecule has 0 radical (unpaired) electrons. The summed E-state index contributed by atoms with van der Waals surface area (Å²) in [4.78, 5) is 29.2. The predicted molar refractivity (Wildman–Crippen MR) is 185 cm³/mol. The third-order valence-electron chi connectivity index (χ3n) is 8.57. The predicted octanol–water partition coefficient (Wildman–Crippen LogP) is 6.14. The Kier molecular flexibility index (Phi) is 11.0. The smallest absolute Gasteiger partial charge is 0.249 e. The molecule has 4 N–H and O–H groups in total. The maximum Gasteiger partial charge on any atom is 0.249 e. The molecule has 0 saturated carbocycles. The Morgan fingerprint density at radius 3 is 2.39 bits per heavy atom. The summed E-state index contributed by atoms with van der Waals surface area (Å²) in [6, 6.07) is 33.9. The fraction of sp³-hybridized carbons (Fsp3) is 0.333. The molecule has 4 aromatic rings. The Morgan fingerprint density at radius 1 is 0.935 bits per heavy atom. The lowest BCUT2D eigenvalue weighted by molar-refractivity contribution is -0.128. The van der Waals surface area contributed by atoms with Gasteiger partial charge in [-0.05, 0) is 73.1 Å². The Labute approximate surface area is 273 Å². The Morgan fingerprint density at radius 2 is 1.63 bits per heavy atom. The summed E-state index contributed by atoms with van der Waals surface area (Å²) in [5.41, 5.74) is 12.9. The quantitative estimate of drug-likeness (QED) is 0.167. The molecule has 0 spiro atoms. The molecule has 2 amide bonds. The fourth-order valence-corrected chi connectivity index (χ4v) is 5.97. The van der Waals surface area contributed by atoms with Gasteiger partial charge < -0.3 is 26.0 Å². The molecular formula is C39H46N4O3. The lowest BCUT2D eigenvalue weighted by Gasteiger charge is -2.30. The van der Waals surface area contributed by atoms with Crippen molar-refractivity contribution in [1.29, 1.82) is 0 Å². The lowest BCUT2D eigenvalue weighted by Crippen LogP contribution is -2.51. The number of hydrogen-bond donors (Lipinski definition) is 3. The van der Waals surface area contributed by atoms with E-state index in [1.165, 1.54) is 0 Å². The molecule has 240 valence electrons. The van der Waals surface area contributed by atoms with Gasteiger partial charge in [-0.1, -0.05) is 97.1 Å². The van der Waals surface area contributed by atoms with Crippen LogP contribution in [0.15, 0.2) is 103 Å². The SMILES string of the molecule is C[C@H](CNC(C)(C)CC(=O)N[C@@H]1CCc2ccccc2N(Cc2ccc(-c3ccccc3CN)cc2)C1=O)OCc1ccccc1. The summed E-state index contributed by atoms with van der Waals surface area (Å²) >= 11 is 0. The van der Waals surface area contributed by atoms with Crippen molar-refractivity contribution in [3.05, 3.63) is 125 Å². The number of amides is 2. The molecule has 0 aromatic heterocycles. The molecule has 0 unspecified atom stereocenters. The monoisotopic (exact) mass is 618 g/mol. The van der Waals surface area contributed by atoms with E-state index in [9.17, 15) is 9.59 Å². The number of nitrogens with two attached hydrogens (primary N) is 1. The molecule has 1 aliphatic heterocycles. The molecule has 7 nitrogen and oxygen atoms in total. The summed E-state index contributed by atoms with van der Waals surface area (Å²) in [6.07, 6.45) is 1.46. The maximum atomic E-state index is 14.1. The number of nitrogens with one attached hydrogen (secondary N) is 2. The summed E-state index contributed by atoms with van der Waals surface area (Å²) < 4.78 is 5.99. The van der Waals surface area contributed by atoms with Crippen LogP contribution in [0.5, 0.6) is 0 Å². The van der Waals surface area contributed by atoms with E-state index in [1.54, 1.807) is 0 Å². The van der Waals surface area contributed by atoms with E-state index >= 15 is 0 Å². The highest BCUT2D eigenvalue weighted by Gasteiger charge is 2.32. The molecule has 1 heterocycles. The van der Waals surface area contributed by atoms with Crippen LogP contribution in [-0.2, 0) is 40.4 Å². The number of aryl methyl sites for hydroxylation is 1. The second kappa shape index (κ2) is 15.3. The molecule has 0 aliphatic carbocycles. The first kappa shape index (κ1) is 33.1. The number of rotatable bonds is 13. The summed E-state index contributed by atoms with van der Waals surface area (Å²) in [7, 11) is 0. The van der Waals surface area contributed by atoms with Crippen molar-refractivity contribution in [2.75, 3.05) is 11.4 Å². The van der Waals surface area contributed by atoms with Crippen LogP contribution in [0.4, 0.5) is 5.69 Å². The zero-order valence-corrected chi connectivity index (χ0v) is 27.2. The van der Waals surface area contributed by atoms with Crippen molar-refractivity contribution in [2.24, 2.45) is 5.73 Å². The molecule has 0 fully saturated rings. The van der Waals surface area contributed by atoms with Crippen molar-refractivity contribution in [2.45, 2.75) is 77.4 Å². The Bertz CT molecular complexity index is 1600. The van der Waals surface area contributed by atoms with Crippen LogP contribution >= 0.6 is 0 Å². The molecule has 1 aliphatic rings. The maximum absolute atomic E-state index is 14.1. The highest BCUT2D eigenvalue weighted by molar-refractivity contribution is 6.00. The number of nitrogens with zero attached hydrogens (tertiary/aromatic N) is 1. The van der Waals surface area contributed by atoms with Crippen molar-refractivity contribution in [1.82, 2.24) is 10.6 Å². The minimum absolute atomic E-state index is 0.0255. The second-order valence-corrected chi connectivity index (χ2v) is 12.8. The van der Waals surface area contributed by atoms with Crippen molar-refractivity contribution in [3.63, 3.8) is 0 Å². The summed E-state index contributed by atoms with van der Waals surface area (Å²) in [5.74, 6) is -0.243. The normalized spacial score (nSPS) is 15.6. The van der Waals surface area contributed by atoms with E-state index in [-0.39, 0.29) is 24.3 Å². The van der Waals surface area contributed by atoms with Crippen LogP contribution in [-0.4, -0.2) is 36.0 Å². The van der Waals surface area contributed by atoms with Crippen LogP contribution in [0, 0.1) is 0 Å². The van der Waals surface area contributed by atoms with Crippen molar-refractivity contribution < 1.29 is 14.3 Å². The minimum Gasteiger partial charge on any atom is -0.373 e. The van der Waals surface area contributed by atoms with E-state index in [1.807, 2.05) is 92.4 Å². The number of carbonyl (C=O) groups is 2. The van der Waals surface area contributed by atoms with E-state index < -0.39 is 11.6 Å². The number of para-hydroxylation sites is 1. The minimum atomic E-state index is -0.612. The van der Waals surface area contributed by atoms with Crippen molar-refractivity contribution >= 4 is 17.5 Å². The van der Waals surface area contributed by atoms with E-state index in [0.29, 0.717) is 39.1 Å². The lowest BCUT2D eigenvalue weighted by atomic mass is 9.98. The first-order chi connectivity index (χ1) is 22.2. The highest BCUT2D eigenvalue weighted by atomic mass is 16.5. The molecule has 4 aromatic carbocycles. The molecule has 0 bridgehead atoms. The van der Waals surface area contributed by atoms with E-state index in [2.05, 4.69) is 47.0 Å². The average Bonchev–Trinajstić information content (AvgIpc) is 3.19. The van der Waals surface area contributed by atoms with Gasteiger partial charge in [-0.15, -0.1) is 0 Å². The first-order valence-corrected chi connectivity index (χ1v) is 16.2. The van der Waals surface area contributed by atoms with Crippen LogP contribution in [0.3, 0.4) is 0 Å². The van der Waals surface area contributed by atoms with Gasteiger partial charge >= 0.3 is 0 Å². The Balaban J connectivity index is 1.21. The second-order valence-electron chi connectivity index (χ2n) is 12.8. The molecule has 2 atom stereocenters. The topological polar surface area (TPSA) is 96.7 Å². The van der Waals surface area contributed by atoms with Crippen LogP contribution in [0.2, 0.25) is 0 Å². The molecule has 46 heavy (non-hydrogen) atoms. The largest absolute Gasteiger partial charge is 0.373 e. The molecule has 5 rings (SSSR count). The van der Waals surface area contributed by atoms with Gasteiger partial charge in [0.25, 0.3) is 0 Å². The highest BCUT2D eigenvalue weighted by Crippen LogP contribution is 2.30. The first-order valence-electron chi connectivity index (χ1n) is 16.2. The summed E-state index contributed by atoms with van der Waals surface area (Å²) in [6.45, 7) is 8.06. The van der Waals surface area contributed by atoms with Gasteiger partial charge in [-0.2, -0.15) is 0 Å². The standard InChI is InChI=1S/C39H46N4O3/c1-28(46-27-30-11-5-4-6-12-30)25-41-39(2,3)23-37(44)42-35-22-21-32-13-8-10-16-36(32)43(38(35)45)26-29-17-19-31(20-18-29)34-15-9-7-14-33(34)24-40/h4-20,28,35,41H,21-27,40H2,1-3H3,(H,42,44)/t28-,35-/m1/s1. The third kappa shape index (κ3) is 8.69. The van der Waals surface area contributed by atoms with Gasteiger partial charge in [0.05, 0.1) is 19.3 Å². The zero-order chi connectivity index (χ0) is 32.5. The fourth-order valence-electron chi connectivity index (χ4n) is 5.97. The number of ether oxygens (including phenoxy) is 1. The number of benzene rings is 4. The van der Waals surface area contributed by atoms with E-state index in [4.69, 9.17) is 10.5 Å². The van der Waals surface area contributed by atoms with Gasteiger partial charge in [0, 0.05) is 30.7 Å². The molecule has 7 heteroatoms. The number of carbonyl (C=O) groups excluding carboxylic acids is 2. The van der Waals surface area contributed by atoms with Crippen LogP contribution < -0.4 is 21.3 Å². The number of fused-ring (bicyclic) bond motifs is 1. The van der Waals surface area contributed by atoms with Crippen LogP contribution in [0.25, 0.3) is 11.1 Å².